The zero-order valence-electron chi connectivity index (χ0n) is 14.4. The van der Waals surface area contributed by atoms with Gasteiger partial charge in [-0.15, -0.1) is 0 Å². The molecular weight excluding hydrogens is 326 g/mol. The first-order valence-corrected chi connectivity index (χ1v) is 9.40. The van der Waals surface area contributed by atoms with Gasteiger partial charge in [0.1, 0.15) is 12.0 Å². The molecule has 3 rings (SSSR count). The van der Waals surface area contributed by atoms with E-state index in [1.165, 1.54) is 0 Å². The number of para-hydroxylation sites is 1. The fourth-order valence-electron chi connectivity index (χ4n) is 3.74. The van der Waals surface area contributed by atoms with E-state index < -0.39 is 11.4 Å². The molecule has 5 nitrogen and oxygen atoms in total. The van der Waals surface area contributed by atoms with Gasteiger partial charge in [0, 0.05) is 36.9 Å². The zero-order valence-corrected chi connectivity index (χ0v) is 15.3. The number of aliphatic carboxylic acids is 1. The largest absolute Gasteiger partial charge is 0.493 e. The first kappa shape index (κ1) is 17.4. The number of benzene rings is 1. The Labute approximate surface area is 147 Å². The number of likely N-dealkylation sites (tertiary alicyclic amines) is 1. The Morgan fingerprint density at radius 3 is 3.00 bits per heavy atom. The summed E-state index contributed by atoms with van der Waals surface area (Å²) in [4.78, 5) is 14.4. The topological polar surface area (TPSA) is 59.0 Å². The van der Waals surface area contributed by atoms with E-state index in [0.717, 1.165) is 24.4 Å². The monoisotopic (exact) mass is 351 g/mol. The van der Waals surface area contributed by atoms with Crippen molar-refractivity contribution in [1.82, 2.24) is 4.90 Å². The Morgan fingerprint density at radius 2 is 2.33 bits per heavy atom. The summed E-state index contributed by atoms with van der Waals surface area (Å²) in [5.41, 5.74) is 0.101. The molecule has 2 atom stereocenters. The average molecular weight is 351 g/mol. The van der Waals surface area contributed by atoms with Gasteiger partial charge in [-0.25, -0.2) is 0 Å². The third kappa shape index (κ3) is 2.97. The Bertz CT molecular complexity index is 621. The molecule has 0 aliphatic carbocycles. The Hall–Kier alpha value is -1.40. The van der Waals surface area contributed by atoms with E-state index in [1.807, 2.05) is 30.0 Å². The van der Waals surface area contributed by atoms with Crippen LogP contribution in [-0.2, 0) is 4.79 Å². The van der Waals surface area contributed by atoms with Gasteiger partial charge in [-0.05, 0) is 11.3 Å². The van der Waals surface area contributed by atoms with Crippen molar-refractivity contribution in [3.05, 3.63) is 23.8 Å². The first-order valence-electron chi connectivity index (χ1n) is 8.35. The van der Waals surface area contributed by atoms with Crippen molar-refractivity contribution in [2.45, 2.75) is 25.0 Å². The van der Waals surface area contributed by atoms with Gasteiger partial charge in [0.25, 0.3) is 0 Å². The van der Waals surface area contributed by atoms with Gasteiger partial charge in [-0.2, -0.15) is 11.8 Å². The summed E-state index contributed by atoms with van der Waals surface area (Å²) in [6, 6.07) is 5.75. The molecule has 0 aromatic heterocycles. The molecule has 1 aromatic carbocycles. The van der Waals surface area contributed by atoms with E-state index >= 15 is 0 Å². The van der Waals surface area contributed by atoms with Crippen LogP contribution in [0.1, 0.15) is 25.3 Å². The van der Waals surface area contributed by atoms with Crippen LogP contribution in [0, 0.1) is 5.41 Å². The van der Waals surface area contributed by atoms with Gasteiger partial charge < -0.3 is 19.5 Å². The summed E-state index contributed by atoms with van der Waals surface area (Å²) in [5.74, 6) is 1.59. The lowest BCUT2D eigenvalue weighted by Gasteiger charge is -2.36. The molecule has 24 heavy (non-hydrogen) atoms. The van der Waals surface area contributed by atoms with Gasteiger partial charge in [0.2, 0.25) is 0 Å². The highest BCUT2D eigenvalue weighted by molar-refractivity contribution is 7.99. The molecule has 2 aliphatic heterocycles. The summed E-state index contributed by atoms with van der Waals surface area (Å²) in [6.45, 7) is 6.78. The minimum atomic E-state index is -0.859. The predicted octanol–water partition coefficient (Wildman–Crippen LogP) is 2.70. The molecule has 0 radical (unpaired) electrons. The molecule has 0 saturated carbocycles. The van der Waals surface area contributed by atoms with Crippen LogP contribution in [0.25, 0.3) is 0 Å². The molecule has 1 saturated heterocycles. The standard InChI is InChI=1S/C18H25NO4S/c1-12(2)24-8-7-19-9-14-13-5-4-6-15(22-3)16(13)23-11-18(14,10-19)17(20)21/h4-6,12,14H,7-11H2,1-3H3,(H,20,21)/t14-,18-/m1/s1. The molecule has 6 heteroatoms. The number of ether oxygens (including phenoxy) is 2. The minimum Gasteiger partial charge on any atom is -0.493 e. The third-order valence-electron chi connectivity index (χ3n) is 4.98. The Kier molecular flexibility index (Phi) is 4.97. The number of carboxylic acid groups (broad SMARTS) is 1. The van der Waals surface area contributed by atoms with Gasteiger partial charge in [0.15, 0.2) is 11.5 Å². The molecule has 1 fully saturated rings. The van der Waals surface area contributed by atoms with E-state index in [0.29, 0.717) is 23.3 Å². The van der Waals surface area contributed by atoms with Gasteiger partial charge >= 0.3 is 5.97 Å². The van der Waals surface area contributed by atoms with Crippen LogP contribution >= 0.6 is 11.8 Å². The fourth-order valence-corrected chi connectivity index (χ4v) is 4.57. The predicted molar refractivity (Wildman–Crippen MR) is 95.3 cm³/mol. The highest BCUT2D eigenvalue weighted by atomic mass is 32.2. The SMILES string of the molecule is COc1cccc2c1OC[C@]1(C(=O)O)CN(CCSC(C)C)C[C@H]21. The smallest absolute Gasteiger partial charge is 0.315 e. The maximum absolute atomic E-state index is 12.1. The van der Waals surface area contributed by atoms with E-state index in [4.69, 9.17) is 9.47 Å². The van der Waals surface area contributed by atoms with Crippen LogP contribution in [-0.4, -0.2) is 60.3 Å². The van der Waals surface area contributed by atoms with Crippen LogP contribution < -0.4 is 9.47 Å². The molecule has 0 spiro atoms. The number of carboxylic acids is 1. The lowest BCUT2D eigenvalue weighted by molar-refractivity contribution is -0.151. The van der Waals surface area contributed by atoms with Crippen molar-refractivity contribution >= 4 is 17.7 Å². The maximum Gasteiger partial charge on any atom is 0.315 e. The second-order valence-corrected chi connectivity index (χ2v) is 8.52. The van der Waals surface area contributed by atoms with Crippen LogP contribution in [0.2, 0.25) is 0 Å². The highest BCUT2D eigenvalue weighted by Gasteiger charge is 2.56. The maximum atomic E-state index is 12.1. The van der Waals surface area contributed by atoms with Crippen molar-refractivity contribution in [3.8, 4) is 11.5 Å². The molecule has 0 amide bonds. The number of carbonyl (C=O) groups is 1. The normalized spacial score (nSPS) is 25.9. The Morgan fingerprint density at radius 1 is 1.54 bits per heavy atom. The van der Waals surface area contributed by atoms with Crippen molar-refractivity contribution in [2.24, 2.45) is 5.41 Å². The number of thioether (sulfide) groups is 1. The molecule has 2 aliphatic rings. The molecule has 1 aromatic rings. The lowest BCUT2D eigenvalue weighted by Crippen LogP contribution is -2.45. The molecule has 0 unspecified atom stereocenters. The second-order valence-electron chi connectivity index (χ2n) is 6.84. The van der Waals surface area contributed by atoms with E-state index in [-0.39, 0.29) is 12.5 Å². The van der Waals surface area contributed by atoms with E-state index in [2.05, 4.69) is 18.7 Å². The van der Waals surface area contributed by atoms with Gasteiger partial charge in [-0.1, -0.05) is 26.0 Å². The van der Waals surface area contributed by atoms with Crippen molar-refractivity contribution in [2.75, 3.05) is 39.1 Å². The highest BCUT2D eigenvalue weighted by Crippen LogP contribution is 2.52. The van der Waals surface area contributed by atoms with E-state index in [9.17, 15) is 9.90 Å². The van der Waals surface area contributed by atoms with E-state index in [1.54, 1.807) is 7.11 Å². The molecule has 1 N–H and O–H groups in total. The van der Waals surface area contributed by atoms with Crippen LogP contribution in [0.15, 0.2) is 18.2 Å². The first-order chi connectivity index (χ1) is 11.5. The minimum absolute atomic E-state index is 0.0575. The zero-order chi connectivity index (χ0) is 17.3. The number of hydrogen-bond acceptors (Lipinski definition) is 5. The van der Waals surface area contributed by atoms with Crippen LogP contribution in [0.5, 0.6) is 11.5 Å². The Balaban J connectivity index is 1.86. The molecule has 2 heterocycles. The van der Waals surface area contributed by atoms with Crippen LogP contribution in [0.3, 0.4) is 0 Å². The van der Waals surface area contributed by atoms with Crippen molar-refractivity contribution in [1.29, 1.82) is 0 Å². The molecule has 132 valence electrons. The number of methoxy groups -OCH3 is 1. The van der Waals surface area contributed by atoms with Crippen molar-refractivity contribution in [3.63, 3.8) is 0 Å². The number of rotatable bonds is 6. The fraction of sp³-hybridized carbons (Fsp3) is 0.611. The second kappa shape index (κ2) is 6.84. The lowest BCUT2D eigenvalue weighted by atomic mass is 9.73. The summed E-state index contributed by atoms with van der Waals surface area (Å²) >= 11 is 1.91. The summed E-state index contributed by atoms with van der Waals surface area (Å²) in [7, 11) is 1.61. The van der Waals surface area contributed by atoms with Gasteiger partial charge in [0.05, 0.1) is 7.11 Å². The third-order valence-corrected chi connectivity index (χ3v) is 6.06. The number of nitrogens with zero attached hydrogens (tertiary/aromatic N) is 1. The average Bonchev–Trinajstić information content (AvgIpc) is 2.94. The number of hydrogen-bond donors (Lipinski definition) is 1. The summed E-state index contributed by atoms with van der Waals surface area (Å²) < 4.78 is 11.3. The number of fused-ring (bicyclic) bond motifs is 3. The van der Waals surface area contributed by atoms with Crippen molar-refractivity contribution < 1.29 is 19.4 Å². The van der Waals surface area contributed by atoms with Gasteiger partial charge in [-0.3, -0.25) is 4.79 Å². The molecular formula is C18H25NO4S. The quantitative estimate of drug-likeness (QED) is 0.850. The van der Waals surface area contributed by atoms with Crippen LogP contribution in [0.4, 0.5) is 0 Å². The molecule has 0 bridgehead atoms. The summed E-state index contributed by atoms with van der Waals surface area (Å²) in [5, 5.41) is 10.5. The summed E-state index contributed by atoms with van der Waals surface area (Å²) in [6.07, 6.45) is 0.